The van der Waals surface area contributed by atoms with Gasteiger partial charge in [0.1, 0.15) is 23.6 Å². The van der Waals surface area contributed by atoms with Crippen molar-refractivity contribution in [2.75, 3.05) is 52.4 Å². The predicted molar refractivity (Wildman–Crippen MR) is 128 cm³/mol. The minimum atomic E-state index is -0.468. The second kappa shape index (κ2) is 8.68. The van der Waals surface area contributed by atoms with E-state index in [0.717, 1.165) is 10.6 Å². The summed E-state index contributed by atoms with van der Waals surface area (Å²) in [4.78, 5) is 44.8. The molecule has 6 rings (SSSR count). The number of anilines is 4. The highest BCUT2D eigenvalue weighted by atomic mass is 32.2. The minimum absolute atomic E-state index is 0.0689. The Bertz CT molecular complexity index is 1240. The Balaban J connectivity index is 1.05. The number of benzene rings is 1. The second-order valence-corrected chi connectivity index (χ2v) is 9.85. The number of cyclic esters (lactones) is 1. The Morgan fingerprint density at radius 2 is 2.06 bits per heavy atom. The first-order chi connectivity index (χ1) is 17.0. The number of carbonyl (C=O) groups excluding carboxylic acids is 3. The first kappa shape index (κ1) is 22.1. The SMILES string of the molecule is O=C1CSc2ccc(N3C[C@@H](CCCNC4CN5C(=O)CNc6ccc(F)c4c65)OC3=O)nc2N1. The summed E-state index contributed by atoms with van der Waals surface area (Å²) in [5.74, 6) is 0.737. The van der Waals surface area contributed by atoms with E-state index in [1.54, 1.807) is 17.0 Å². The quantitative estimate of drug-likeness (QED) is 0.521. The van der Waals surface area contributed by atoms with Crippen LogP contribution in [0.1, 0.15) is 24.4 Å². The van der Waals surface area contributed by atoms with Crippen molar-refractivity contribution in [1.29, 1.82) is 0 Å². The van der Waals surface area contributed by atoms with Gasteiger partial charge in [0, 0.05) is 12.1 Å². The molecule has 0 radical (unpaired) electrons. The third-order valence-electron chi connectivity index (χ3n) is 6.58. The lowest BCUT2D eigenvalue weighted by Crippen LogP contribution is -2.39. The van der Waals surface area contributed by atoms with Gasteiger partial charge in [0.2, 0.25) is 11.8 Å². The topological polar surface area (TPSA) is 116 Å². The van der Waals surface area contributed by atoms with Crippen molar-refractivity contribution in [3.05, 3.63) is 35.6 Å². The Morgan fingerprint density at radius 1 is 1.17 bits per heavy atom. The molecule has 1 unspecified atom stereocenters. The molecule has 10 nitrogen and oxygen atoms in total. The molecule has 0 bridgehead atoms. The lowest BCUT2D eigenvalue weighted by molar-refractivity contribution is -0.117. The molecule has 1 saturated heterocycles. The van der Waals surface area contributed by atoms with Crippen LogP contribution in [-0.4, -0.2) is 60.9 Å². The molecular formula is C23H23FN6O4S. The van der Waals surface area contributed by atoms with Crippen LogP contribution in [0.25, 0.3) is 0 Å². The number of ether oxygens (including phenoxy) is 1. The molecule has 1 aromatic heterocycles. The number of hydrogen-bond donors (Lipinski definition) is 3. The van der Waals surface area contributed by atoms with E-state index >= 15 is 0 Å². The maximum atomic E-state index is 14.6. The molecule has 2 atom stereocenters. The summed E-state index contributed by atoms with van der Waals surface area (Å²) in [5.41, 5.74) is 1.92. The van der Waals surface area contributed by atoms with E-state index in [0.29, 0.717) is 61.1 Å². The van der Waals surface area contributed by atoms with Gasteiger partial charge in [0.25, 0.3) is 0 Å². The fraction of sp³-hybridized carbons (Fsp3) is 0.391. The molecule has 4 aliphatic heterocycles. The molecule has 12 heteroatoms. The number of halogens is 1. The predicted octanol–water partition coefficient (Wildman–Crippen LogP) is 2.47. The van der Waals surface area contributed by atoms with Crippen molar-refractivity contribution in [3.8, 4) is 0 Å². The molecule has 0 spiro atoms. The molecule has 1 fully saturated rings. The van der Waals surface area contributed by atoms with Crippen molar-refractivity contribution < 1.29 is 23.5 Å². The average molecular weight is 499 g/mol. The zero-order chi connectivity index (χ0) is 24.1. The second-order valence-electron chi connectivity index (χ2n) is 8.83. The van der Waals surface area contributed by atoms with Crippen LogP contribution in [0.4, 0.5) is 32.2 Å². The molecular weight excluding hydrogens is 475 g/mol. The highest BCUT2D eigenvalue weighted by molar-refractivity contribution is 8.00. The number of nitrogens with zero attached hydrogens (tertiary/aromatic N) is 3. The number of pyridine rings is 1. The van der Waals surface area contributed by atoms with Crippen molar-refractivity contribution in [1.82, 2.24) is 10.3 Å². The maximum Gasteiger partial charge on any atom is 0.415 e. The average Bonchev–Trinajstić information content (AvgIpc) is 3.42. The highest BCUT2D eigenvalue weighted by Gasteiger charge is 2.39. The molecule has 3 amide bonds. The number of amides is 3. The Kier molecular flexibility index (Phi) is 5.49. The number of carbonyl (C=O) groups is 3. The van der Waals surface area contributed by atoms with Gasteiger partial charge in [-0.1, -0.05) is 0 Å². The van der Waals surface area contributed by atoms with Crippen LogP contribution in [0.3, 0.4) is 0 Å². The highest BCUT2D eigenvalue weighted by Crippen LogP contribution is 2.44. The van der Waals surface area contributed by atoms with E-state index in [9.17, 15) is 18.8 Å². The van der Waals surface area contributed by atoms with Crippen molar-refractivity contribution in [2.24, 2.45) is 0 Å². The van der Waals surface area contributed by atoms with Gasteiger partial charge >= 0.3 is 6.09 Å². The molecule has 4 aliphatic rings. The number of hydrogen-bond acceptors (Lipinski definition) is 8. The van der Waals surface area contributed by atoms with Gasteiger partial charge < -0.3 is 25.6 Å². The van der Waals surface area contributed by atoms with Crippen LogP contribution >= 0.6 is 11.8 Å². The monoisotopic (exact) mass is 498 g/mol. The molecule has 1 aromatic carbocycles. The first-order valence-electron chi connectivity index (χ1n) is 11.5. The van der Waals surface area contributed by atoms with Crippen LogP contribution in [0.2, 0.25) is 0 Å². The fourth-order valence-corrected chi connectivity index (χ4v) is 5.70. The van der Waals surface area contributed by atoms with E-state index in [1.165, 1.54) is 22.7 Å². The Hall–Kier alpha value is -3.38. The van der Waals surface area contributed by atoms with Crippen LogP contribution in [0, 0.1) is 5.82 Å². The smallest absolute Gasteiger partial charge is 0.415 e. The van der Waals surface area contributed by atoms with Crippen LogP contribution in [0.15, 0.2) is 29.2 Å². The van der Waals surface area contributed by atoms with E-state index in [2.05, 4.69) is 20.9 Å². The number of thioether (sulfide) groups is 1. The third kappa shape index (κ3) is 3.96. The van der Waals surface area contributed by atoms with E-state index in [1.807, 2.05) is 6.07 Å². The van der Waals surface area contributed by atoms with E-state index < -0.39 is 6.09 Å². The lowest BCUT2D eigenvalue weighted by atomic mass is 10.1. The zero-order valence-corrected chi connectivity index (χ0v) is 19.5. The Morgan fingerprint density at radius 3 is 2.94 bits per heavy atom. The Labute approximate surface area is 204 Å². The van der Waals surface area contributed by atoms with Gasteiger partial charge in [-0.2, -0.15) is 0 Å². The lowest BCUT2D eigenvalue weighted by Gasteiger charge is -2.26. The molecule has 35 heavy (non-hydrogen) atoms. The zero-order valence-electron chi connectivity index (χ0n) is 18.7. The number of rotatable bonds is 6. The summed E-state index contributed by atoms with van der Waals surface area (Å²) in [6.45, 7) is 1.55. The number of aromatic nitrogens is 1. The van der Waals surface area contributed by atoms with E-state index in [4.69, 9.17) is 4.74 Å². The summed E-state index contributed by atoms with van der Waals surface area (Å²) in [6.07, 6.45) is 0.563. The van der Waals surface area contributed by atoms with Crippen LogP contribution < -0.4 is 25.8 Å². The van der Waals surface area contributed by atoms with Gasteiger partial charge in [-0.25, -0.2) is 14.2 Å². The summed E-state index contributed by atoms with van der Waals surface area (Å²) in [7, 11) is 0. The van der Waals surface area contributed by atoms with Gasteiger partial charge in [0.05, 0.1) is 41.2 Å². The third-order valence-corrected chi connectivity index (χ3v) is 7.63. The summed E-state index contributed by atoms with van der Waals surface area (Å²) in [5, 5.41) is 9.15. The molecule has 182 valence electrons. The van der Waals surface area contributed by atoms with Gasteiger partial charge in [-0.15, -0.1) is 11.8 Å². The van der Waals surface area contributed by atoms with E-state index in [-0.39, 0.29) is 36.3 Å². The van der Waals surface area contributed by atoms with Gasteiger partial charge in [-0.05, 0) is 43.7 Å². The fourth-order valence-electron chi connectivity index (χ4n) is 4.94. The van der Waals surface area contributed by atoms with Crippen LogP contribution in [-0.2, 0) is 14.3 Å². The molecule has 2 aromatic rings. The minimum Gasteiger partial charge on any atom is -0.444 e. The molecule has 0 saturated carbocycles. The van der Waals surface area contributed by atoms with Crippen molar-refractivity contribution in [2.45, 2.75) is 29.9 Å². The van der Waals surface area contributed by atoms with Gasteiger partial charge in [0.15, 0.2) is 0 Å². The maximum absolute atomic E-state index is 14.6. The number of nitrogens with one attached hydrogen (secondary N) is 3. The van der Waals surface area contributed by atoms with Crippen molar-refractivity contribution in [3.63, 3.8) is 0 Å². The van der Waals surface area contributed by atoms with Crippen LogP contribution in [0.5, 0.6) is 0 Å². The first-order valence-corrected chi connectivity index (χ1v) is 12.5. The van der Waals surface area contributed by atoms with Crippen molar-refractivity contribution >= 4 is 52.7 Å². The van der Waals surface area contributed by atoms with Gasteiger partial charge in [-0.3, -0.25) is 14.5 Å². The number of fused-ring (bicyclic) bond motifs is 1. The normalized spacial score (nSPS) is 22.5. The molecule has 5 heterocycles. The summed E-state index contributed by atoms with van der Waals surface area (Å²) in [6, 6.07) is 6.41. The summed E-state index contributed by atoms with van der Waals surface area (Å²) >= 11 is 1.41. The largest absolute Gasteiger partial charge is 0.444 e. The standard InChI is InChI=1S/C23H23FN6O4S/c24-13-3-4-14-21-20(13)15(10-30(21)19(32)8-26-14)25-7-1-2-12-9-29(23(33)34-12)17-6-5-16-22(27-17)28-18(31)11-35-16/h3-6,12,15,25-26H,1-2,7-11H2,(H,27,28,31)/t12-,15?/m1/s1. The molecule has 0 aliphatic carbocycles. The summed E-state index contributed by atoms with van der Waals surface area (Å²) < 4.78 is 20.1. The molecule has 3 N–H and O–H groups in total.